The number of rotatable bonds is 7. The summed E-state index contributed by atoms with van der Waals surface area (Å²) < 4.78 is 56.9. The molecule has 29 heavy (non-hydrogen) atoms. The van der Waals surface area contributed by atoms with Gasteiger partial charge in [-0.2, -0.15) is 18.3 Å². The summed E-state index contributed by atoms with van der Waals surface area (Å²) in [7, 11) is 1.40. The van der Waals surface area contributed by atoms with Crippen LogP contribution in [0.25, 0.3) is 16.9 Å². The molecule has 10 heteroatoms. The van der Waals surface area contributed by atoms with Gasteiger partial charge in [0.05, 0.1) is 25.6 Å². The molecule has 2 heterocycles. The lowest BCUT2D eigenvalue weighted by Gasteiger charge is -2.13. The maximum atomic E-state index is 13.6. The smallest absolute Gasteiger partial charge is 0.433 e. The van der Waals surface area contributed by atoms with Crippen LogP contribution in [0.5, 0.6) is 5.75 Å². The largest absolute Gasteiger partial charge is 0.496 e. The number of carbonyl (C=O) groups is 1. The van der Waals surface area contributed by atoms with E-state index in [1.54, 1.807) is 31.2 Å². The van der Waals surface area contributed by atoms with Crippen molar-refractivity contribution in [3.8, 4) is 17.0 Å². The predicted molar refractivity (Wildman–Crippen MR) is 96.8 cm³/mol. The molecule has 0 aliphatic carbocycles. The highest BCUT2D eigenvalue weighted by atomic mass is 19.4. The monoisotopic (exact) mass is 409 g/mol. The van der Waals surface area contributed by atoms with Gasteiger partial charge in [0.25, 0.3) is 0 Å². The molecule has 0 amide bonds. The molecule has 3 aromatic rings. The lowest BCUT2D eigenvalue weighted by atomic mass is 10.1. The molecule has 0 aliphatic heterocycles. The number of methoxy groups -OCH3 is 1. The number of benzene rings is 1. The normalized spacial score (nSPS) is 11.6. The third-order valence-electron chi connectivity index (χ3n) is 4.03. The Morgan fingerprint density at radius 3 is 2.66 bits per heavy atom. The maximum absolute atomic E-state index is 13.6. The first-order chi connectivity index (χ1) is 13.9. The predicted octanol–water partition coefficient (Wildman–Crippen LogP) is 3.62. The van der Waals surface area contributed by atoms with Crippen molar-refractivity contribution in [2.75, 3.05) is 26.9 Å². The lowest BCUT2D eigenvalue weighted by molar-refractivity contribution is -0.142. The molecular weight excluding hydrogens is 391 g/mol. The Morgan fingerprint density at radius 1 is 1.21 bits per heavy atom. The topological polar surface area (TPSA) is 75.0 Å². The van der Waals surface area contributed by atoms with Gasteiger partial charge in [-0.1, -0.05) is 12.1 Å². The molecule has 7 nitrogen and oxygen atoms in total. The minimum absolute atomic E-state index is 0.00820. The summed E-state index contributed by atoms with van der Waals surface area (Å²) in [5.74, 6) is -0.490. The summed E-state index contributed by atoms with van der Waals surface area (Å²) in [5, 5.41) is 3.70. The van der Waals surface area contributed by atoms with E-state index in [4.69, 9.17) is 14.2 Å². The molecule has 0 atom stereocenters. The molecule has 0 bridgehead atoms. The number of hydrogen-bond donors (Lipinski definition) is 0. The first-order valence-electron chi connectivity index (χ1n) is 8.71. The van der Waals surface area contributed by atoms with Gasteiger partial charge in [0.2, 0.25) is 0 Å². The van der Waals surface area contributed by atoms with Crippen LogP contribution in [-0.2, 0) is 15.7 Å². The highest BCUT2D eigenvalue weighted by Gasteiger charge is 2.36. The number of alkyl halides is 3. The molecule has 1 aromatic carbocycles. The second-order valence-electron chi connectivity index (χ2n) is 5.85. The molecular formula is C19H18F3N3O4. The van der Waals surface area contributed by atoms with Crippen molar-refractivity contribution < 1.29 is 32.2 Å². The van der Waals surface area contributed by atoms with Crippen LogP contribution in [0.2, 0.25) is 0 Å². The van der Waals surface area contributed by atoms with E-state index >= 15 is 0 Å². The number of aromatic nitrogens is 3. The molecule has 0 saturated heterocycles. The van der Waals surface area contributed by atoms with Crippen LogP contribution in [0.3, 0.4) is 0 Å². The molecule has 0 saturated carbocycles. The molecule has 3 rings (SSSR count). The van der Waals surface area contributed by atoms with Gasteiger partial charge in [-0.3, -0.25) is 0 Å². The zero-order valence-corrected chi connectivity index (χ0v) is 15.7. The molecule has 0 spiro atoms. The zero-order valence-electron chi connectivity index (χ0n) is 15.7. The van der Waals surface area contributed by atoms with Gasteiger partial charge < -0.3 is 14.2 Å². The van der Waals surface area contributed by atoms with Crippen molar-refractivity contribution in [1.29, 1.82) is 0 Å². The molecule has 0 fully saturated rings. The fourth-order valence-electron chi connectivity index (χ4n) is 2.72. The first-order valence-corrected chi connectivity index (χ1v) is 8.71. The molecule has 0 radical (unpaired) electrons. The summed E-state index contributed by atoms with van der Waals surface area (Å²) in [5.41, 5.74) is -1.17. The van der Waals surface area contributed by atoms with Crippen molar-refractivity contribution in [2.45, 2.75) is 13.1 Å². The number of hydrogen-bond acceptors (Lipinski definition) is 6. The van der Waals surface area contributed by atoms with Crippen LogP contribution in [-0.4, -0.2) is 47.5 Å². The zero-order chi connectivity index (χ0) is 21.0. The summed E-state index contributed by atoms with van der Waals surface area (Å²) >= 11 is 0. The second-order valence-corrected chi connectivity index (χ2v) is 5.85. The van der Waals surface area contributed by atoms with Crippen molar-refractivity contribution in [3.63, 3.8) is 0 Å². The third-order valence-corrected chi connectivity index (χ3v) is 4.03. The summed E-state index contributed by atoms with van der Waals surface area (Å²) in [6.45, 7) is 2.37. The summed E-state index contributed by atoms with van der Waals surface area (Å²) in [4.78, 5) is 16.6. The van der Waals surface area contributed by atoms with E-state index in [1.807, 2.05) is 0 Å². The van der Waals surface area contributed by atoms with Crippen LogP contribution >= 0.6 is 0 Å². The number of carbonyl (C=O) groups excluding carboxylic acids is 1. The fourth-order valence-corrected chi connectivity index (χ4v) is 2.72. The van der Waals surface area contributed by atoms with Crippen molar-refractivity contribution in [2.24, 2.45) is 0 Å². The minimum atomic E-state index is -4.72. The number of fused-ring (bicyclic) bond motifs is 1. The Morgan fingerprint density at radius 2 is 1.97 bits per heavy atom. The standard InChI is InChI=1S/C19H18F3N3O4/c1-3-28-8-9-29-18(26)13-11-23-25-16(19(20,21)22)10-14(24-17(13)25)12-6-4-5-7-15(12)27-2/h4-7,10-11H,3,8-9H2,1-2H3. The molecule has 154 valence electrons. The average Bonchev–Trinajstić information content (AvgIpc) is 3.13. The van der Waals surface area contributed by atoms with Gasteiger partial charge in [-0.25, -0.2) is 14.3 Å². The fraction of sp³-hybridized carbons (Fsp3) is 0.316. The summed E-state index contributed by atoms with van der Waals surface area (Å²) in [6.07, 6.45) is -3.72. The van der Waals surface area contributed by atoms with E-state index in [9.17, 15) is 18.0 Å². The Kier molecular flexibility index (Phi) is 6.02. The van der Waals surface area contributed by atoms with E-state index in [0.29, 0.717) is 22.4 Å². The average molecular weight is 409 g/mol. The van der Waals surface area contributed by atoms with E-state index in [0.717, 1.165) is 12.3 Å². The van der Waals surface area contributed by atoms with Crippen LogP contribution in [0, 0.1) is 0 Å². The van der Waals surface area contributed by atoms with E-state index in [2.05, 4.69) is 10.1 Å². The Bertz CT molecular complexity index is 1020. The number of nitrogens with zero attached hydrogens (tertiary/aromatic N) is 3. The van der Waals surface area contributed by atoms with Gasteiger partial charge in [-0.15, -0.1) is 0 Å². The van der Waals surface area contributed by atoms with Crippen LogP contribution in [0.15, 0.2) is 36.5 Å². The maximum Gasteiger partial charge on any atom is 0.433 e. The van der Waals surface area contributed by atoms with E-state index in [1.165, 1.54) is 7.11 Å². The highest BCUT2D eigenvalue weighted by molar-refractivity contribution is 5.96. The van der Waals surface area contributed by atoms with Crippen LogP contribution in [0.1, 0.15) is 23.0 Å². The van der Waals surface area contributed by atoms with E-state index < -0.39 is 17.8 Å². The molecule has 2 aromatic heterocycles. The van der Waals surface area contributed by atoms with Crippen LogP contribution < -0.4 is 4.74 Å². The summed E-state index contributed by atoms with van der Waals surface area (Å²) in [6, 6.07) is 7.38. The van der Waals surface area contributed by atoms with Gasteiger partial charge in [0, 0.05) is 12.2 Å². The Balaban J connectivity index is 2.11. The number of esters is 1. The number of ether oxygens (including phenoxy) is 3. The SMILES string of the molecule is CCOCCOC(=O)c1cnn2c(C(F)(F)F)cc(-c3ccccc3OC)nc12. The van der Waals surface area contributed by atoms with E-state index in [-0.39, 0.29) is 30.1 Å². The first kappa shape index (κ1) is 20.6. The molecule has 0 aliphatic rings. The van der Waals surface area contributed by atoms with Gasteiger partial charge in [0.15, 0.2) is 11.3 Å². The number of para-hydroxylation sites is 1. The van der Waals surface area contributed by atoms with Gasteiger partial charge >= 0.3 is 12.1 Å². The van der Waals surface area contributed by atoms with Crippen molar-refractivity contribution in [3.05, 3.63) is 47.8 Å². The van der Waals surface area contributed by atoms with Crippen molar-refractivity contribution >= 4 is 11.6 Å². The van der Waals surface area contributed by atoms with Crippen LogP contribution in [0.4, 0.5) is 13.2 Å². The minimum Gasteiger partial charge on any atom is -0.496 e. The van der Waals surface area contributed by atoms with Gasteiger partial charge in [-0.05, 0) is 25.1 Å². The second kappa shape index (κ2) is 8.48. The highest BCUT2D eigenvalue weighted by Crippen LogP contribution is 2.35. The Labute approximate surface area is 164 Å². The number of halogens is 3. The lowest BCUT2D eigenvalue weighted by Crippen LogP contribution is -2.15. The quantitative estimate of drug-likeness (QED) is 0.438. The molecule has 0 N–H and O–H groups in total. The third kappa shape index (κ3) is 4.32. The Hall–Kier alpha value is -3.14. The van der Waals surface area contributed by atoms with Crippen molar-refractivity contribution in [1.82, 2.24) is 14.6 Å². The molecule has 0 unspecified atom stereocenters. The van der Waals surface area contributed by atoms with Gasteiger partial charge in [0.1, 0.15) is 17.9 Å².